The second-order valence-electron chi connectivity index (χ2n) is 7.11. The molecule has 2 heterocycles. The lowest BCUT2D eigenvalue weighted by Crippen LogP contribution is -2.29. The number of carbonyl (C=O) groups excluding carboxylic acids is 1. The van der Waals surface area contributed by atoms with Gasteiger partial charge in [-0.05, 0) is 56.2 Å². The molecule has 7 nitrogen and oxygen atoms in total. The Balaban J connectivity index is 1.55. The molecule has 4 aromatic rings. The van der Waals surface area contributed by atoms with Crippen molar-refractivity contribution in [3.05, 3.63) is 81.8 Å². The van der Waals surface area contributed by atoms with Crippen LogP contribution in [0.4, 0.5) is 5.69 Å². The molecular weight excluding hydrogens is 398 g/mol. The van der Waals surface area contributed by atoms with Gasteiger partial charge in [-0.15, -0.1) is 5.10 Å². The summed E-state index contributed by atoms with van der Waals surface area (Å²) in [7, 11) is 0. The smallest absolute Gasteiger partial charge is 0.324 e. The minimum absolute atomic E-state index is 0.184. The molecule has 0 bridgehead atoms. The van der Waals surface area contributed by atoms with E-state index in [4.69, 9.17) is 0 Å². The first-order chi connectivity index (χ1) is 14.4. The molecule has 0 saturated carbocycles. The molecule has 0 atom stereocenters. The highest BCUT2D eigenvalue weighted by molar-refractivity contribution is 7.99. The minimum atomic E-state index is -0.451. The first kappa shape index (κ1) is 19.9. The van der Waals surface area contributed by atoms with Crippen LogP contribution in [0.15, 0.2) is 69.3 Å². The average molecular weight is 420 g/mol. The number of hydrogen-bond donors (Lipinski definition) is 1. The van der Waals surface area contributed by atoms with Gasteiger partial charge >= 0.3 is 5.69 Å². The molecule has 1 N–H and O–H groups in total. The molecule has 152 valence electrons. The van der Waals surface area contributed by atoms with E-state index in [1.165, 1.54) is 21.8 Å². The van der Waals surface area contributed by atoms with Gasteiger partial charge in [-0.25, -0.2) is 9.48 Å². The SMILES string of the molecule is Cc1ccc(Sc2ccc3nn(CC(=O)Nc4c(C)cccc4C)c(=O)n3n2)cc1. The summed E-state index contributed by atoms with van der Waals surface area (Å²) in [5.74, 6) is -0.313. The average Bonchev–Trinajstić information content (AvgIpc) is 3.02. The normalized spacial score (nSPS) is 11.0. The fraction of sp³-hybridized carbons (Fsp3) is 0.182. The van der Waals surface area contributed by atoms with Crippen LogP contribution in [0.1, 0.15) is 16.7 Å². The van der Waals surface area contributed by atoms with Crippen LogP contribution in [0.2, 0.25) is 0 Å². The molecule has 1 amide bonds. The molecule has 0 aliphatic heterocycles. The van der Waals surface area contributed by atoms with Gasteiger partial charge in [-0.1, -0.05) is 47.7 Å². The first-order valence-corrected chi connectivity index (χ1v) is 10.3. The van der Waals surface area contributed by atoms with Gasteiger partial charge in [0, 0.05) is 10.6 Å². The number of rotatable bonds is 5. The van der Waals surface area contributed by atoms with Gasteiger partial charge in [0.2, 0.25) is 5.91 Å². The molecule has 30 heavy (non-hydrogen) atoms. The van der Waals surface area contributed by atoms with E-state index in [1.807, 2.05) is 69.3 Å². The zero-order chi connectivity index (χ0) is 21.3. The van der Waals surface area contributed by atoms with E-state index in [-0.39, 0.29) is 12.5 Å². The number of benzene rings is 2. The van der Waals surface area contributed by atoms with E-state index in [1.54, 1.807) is 6.07 Å². The van der Waals surface area contributed by atoms with Gasteiger partial charge in [0.15, 0.2) is 5.65 Å². The van der Waals surface area contributed by atoms with Crippen molar-refractivity contribution in [3.63, 3.8) is 0 Å². The van der Waals surface area contributed by atoms with Crippen molar-refractivity contribution in [2.45, 2.75) is 37.2 Å². The molecule has 0 saturated heterocycles. The lowest BCUT2D eigenvalue weighted by molar-refractivity contribution is -0.117. The van der Waals surface area contributed by atoms with Crippen LogP contribution in [-0.2, 0) is 11.3 Å². The Morgan fingerprint density at radius 3 is 2.37 bits per heavy atom. The van der Waals surface area contributed by atoms with Crippen LogP contribution in [0.25, 0.3) is 5.65 Å². The minimum Gasteiger partial charge on any atom is -0.324 e. The summed E-state index contributed by atoms with van der Waals surface area (Å²) in [5.41, 5.74) is 3.81. The molecule has 0 spiro atoms. The van der Waals surface area contributed by atoms with Crippen molar-refractivity contribution in [2.24, 2.45) is 0 Å². The summed E-state index contributed by atoms with van der Waals surface area (Å²) in [6.07, 6.45) is 0. The zero-order valence-corrected chi connectivity index (χ0v) is 17.7. The second kappa shape index (κ2) is 8.16. The van der Waals surface area contributed by atoms with Crippen LogP contribution >= 0.6 is 11.8 Å². The molecule has 0 aliphatic carbocycles. The highest BCUT2D eigenvalue weighted by atomic mass is 32.2. The summed E-state index contributed by atoms with van der Waals surface area (Å²) < 4.78 is 2.36. The molecule has 0 aliphatic rings. The van der Waals surface area contributed by atoms with E-state index >= 15 is 0 Å². The van der Waals surface area contributed by atoms with Crippen molar-refractivity contribution in [1.29, 1.82) is 0 Å². The monoisotopic (exact) mass is 419 g/mol. The maximum absolute atomic E-state index is 12.7. The fourth-order valence-corrected chi connectivity index (χ4v) is 3.88. The Labute approximate surface area is 177 Å². The van der Waals surface area contributed by atoms with Crippen molar-refractivity contribution in [3.8, 4) is 0 Å². The standard InChI is InChI=1S/C22H21N5O2S/c1-14-7-9-17(10-8-14)30-20-12-11-18-24-26(22(29)27(18)25-20)13-19(28)23-21-15(2)5-4-6-16(21)3/h4-12H,13H2,1-3H3,(H,23,28). The van der Waals surface area contributed by atoms with Crippen molar-refractivity contribution in [2.75, 3.05) is 5.32 Å². The maximum Gasteiger partial charge on any atom is 0.367 e. The van der Waals surface area contributed by atoms with E-state index in [0.29, 0.717) is 10.7 Å². The molecule has 0 unspecified atom stereocenters. The van der Waals surface area contributed by atoms with Gasteiger partial charge in [0.25, 0.3) is 0 Å². The van der Waals surface area contributed by atoms with Crippen LogP contribution < -0.4 is 11.0 Å². The van der Waals surface area contributed by atoms with Gasteiger partial charge in [0.05, 0.1) is 0 Å². The molecule has 0 fully saturated rings. The molecule has 0 radical (unpaired) electrons. The van der Waals surface area contributed by atoms with E-state index in [0.717, 1.165) is 26.4 Å². The number of amides is 1. The number of hydrogen-bond acceptors (Lipinski definition) is 5. The number of nitrogens with zero attached hydrogens (tertiary/aromatic N) is 4. The third-order valence-corrected chi connectivity index (χ3v) is 5.63. The quantitative estimate of drug-likeness (QED) is 0.534. The Kier molecular flexibility index (Phi) is 5.41. The van der Waals surface area contributed by atoms with Gasteiger partial charge in [-0.3, -0.25) is 4.79 Å². The van der Waals surface area contributed by atoms with Crippen LogP contribution in [-0.4, -0.2) is 25.3 Å². The number of fused-ring (bicyclic) bond motifs is 1. The van der Waals surface area contributed by atoms with E-state index in [9.17, 15) is 9.59 Å². The molecule has 4 rings (SSSR count). The Bertz CT molecular complexity index is 1270. The Hall–Kier alpha value is -3.39. The van der Waals surface area contributed by atoms with Gasteiger partial charge in [-0.2, -0.15) is 9.61 Å². The predicted octanol–water partition coefficient (Wildman–Crippen LogP) is 3.61. The molecule has 2 aromatic carbocycles. The van der Waals surface area contributed by atoms with E-state index < -0.39 is 5.69 Å². The topological polar surface area (TPSA) is 81.3 Å². The highest BCUT2D eigenvalue weighted by Crippen LogP contribution is 2.25. The highest BCUT2D eigenvalue weighted by Gasteiger charge is 2.14. The third-order valence-electron chi connectivity index (χ3n) is 4.70. The lowest BCUT2D eigenvalue weighted by Gasteiger charge is -2.10. The Morgan fingerprint density at radius 2 is 1.67 bits per heavy atom. The number of aromatic nitrogens is 4. The first-order valence-electron chi connectivity index (χ1n) is 9.48. The fourth-order valence-electron chi connectivity index (χ4n) is 3.10. The third kappa shape index (κ3) is 4.13. The Morgan fingerprint density at radius 1 is 0.967 bits per heavy atom. The summed E-state index contributed by atoms with van der Waals surface area (Å²) in [5, 5.41) is 12.2. The molecule has 2 aromatic heterocycles. The van der Waals surface area contributed by atoms with Crippen LogP contribution in [0.3, 0.4) is 0 Å². The lowest BCUT2D eigenvalue weighted by atomic mass is 10.1. The summed E-state index contributed by atoms with van der Waals surface area (Å²) >= 11 is 1.46. The molecule has 8 heteroatoms. The van der Waals surface area contributed by atoms with Crippen molar-refractivity contribution in [1.82, 2.24) is 19.4 Å². The number of para-hydroxylation sites is 1. The summed E-state index contributed by atoms with van der Waals surface area (Å²) in [6.45, 7) is 5.70. The number of aryl methyl sites for hydroxylation is 3. The number of nitrogens with one attached hydrogen (secondary N) is 1. The zero-order valence-electron chi connectivity index (χ0n) is 16.9. The van der Waals surface area contributed by atoms with Gasteiger partial charge < -0.3 is 5.32 Å². The van der Waals surface area contributed by atoms with Crippen LogP contribution in [0.5, 0.6) is 0 Å². The number of carbonyl (C=O) groups is 1. The molecular formula is C22H21N5O2S. The predicted molar refractivity (Wildman–Crippen MR) is 117 cm³/mol. The number of anilines is 1. The summed E-state index contributed by atoms with van der Waals surface area (Å²) in [6, 6.07) is 17.4. The summed E-state index contributed by atoms with van der Waals surface area (Å²) in [4.78, 5) is 26.2. The van der Waals surface area contributed by atoms with Crippen LogP contribution in [0, 0.1) is 20.8 Å². The second-order valence-corrected chi connectivity index (χ2v) is 8.21. The van der Waals surface area contributed by atoms with Crippen molar-refractivity contribution >= 4 is 29.0 Å². The van der Waals surface area contributed by atoms with E-state index in [2.05, 4.69) is 15.5 Å². The maximum atomic E-state index is 12.7. The van der Waals surface area contributed by atoms with Gasteiger partial charge in [0.1, 0.15) is 11.6 Å². The largest absolute Gasteiger partial charge is 0.367 e. The van der Waals surface area contributed by atoms with Crippen molar-refractivity contribution < 1.29 is 4.79 Å².